The monoisotopic (exact) mass is 247 g/mol. The van der Waals surface area contributed by atoms with Gasteiger partial charge in [-0.1, -0.05) is 43.9 Å². The van der Waals surface area contributed by atoms with Gasteiger partial charge in [0.1, 0.15) is 11.9 Å². The molecule has 1 aromatic rings. The first kappa shape index (κ1) is 13.4. The fourth-order valence-electron chi connectivity index (χ4n) is 2.68. The maximum Gasteiger partial charge on any atom is 0.124 e. The van der Waals surface area contributed by atoms with Crippen LogP contribution in [0.25, 0.3) is 0 Å². The molecule has 0 aliphatic carbocycles. The summed E-state index contributed by atoms with van der Waals surface area (Å²) in [7, 11) is 0. The molecule has 0 saturated carbocycles. The van der Waals surface area contributed by atoms with Gasteiger partial charge in [0.2, 0.25) is 0 Å². The number of aryl methyl sites for hydroxylation is 1. The predicted molar refractivity (Wildman–Crippen MR) is 75.9 cm³/mol. The van der Waals surface area contributed by atoms with E-state index in [1.807, 2.05) is 0 Å². The molecular weight excluding hydrogens is 222 g/mol. The van der Waals surface area contributed by atoms with Gasteiger partial charge in [0.15, 0.2) is 0 Å². The van der Waals surface area contributed by atoms with Crippen LogP contribution < -0.4 is 10.5 Å². The zero-order valence-electron chi connectivity index (χ0n) is 11.6. The molecule has 0 bridgehead atoms. The van der Waals surface area contributed by atoms with Gasteiger partial charge in [-0.2, -0.15) is 0 Å². The first-order valence-corrected chi connectivity index (χ1v) is 7.23. The summed E-state index contributed by atoms with van der Waals surface area (Å²) >= 11 is 0. The highest BCUT2D eigenvalue weighted by Crippen LogP contribution is 2.35. The molecule has 1 aliphatic rings. The van der Waals surface area contributed by atoms with Crippen LogP contribution >= 0.6 is 0 Å². The van der Waals surface area contributed by atoms with E-state index in [4.69, 9.17) is 10.5 Å². The number of benzene rings is 1. The molecule has 0 fully saturated rings. The fraction of sp³-hybridized carbons (Fsp3) is 0.625. The fourth-order valence-corrected chi connectivity index (χ4v) is 2.68. The number of unbranched alkanes of at least 4 members (excludes halogenated alkanes) is 3. The molecule has 0 saturated heterocycles. The third kappa shape index (κ3) is 3.26. The molecule has 1 aromatic carbocycles. The minimum absolute atomic E-state index is 0.143. The Labute approximate surface area is 111 Å². The van der Waals surface area contributed by atoms with E-state index in [1.54, 1.807) is 0 Å². The van der Waals surface area contributed by atoms with E-state index in [0.29, 0.717) is 6.10 Å². The van der Waals surface area contributed by atoms with Crippen molar-refractivity contribution in [2.45, 2.75) is 64.5 Å². The maximum absolute atomic E-state index is 6.26. The maximum atomic E-state index is 6.26. The molecule has 2 atom stereocenters. The van der Waals surface area contributed by atoms with Crippen LogP contribution in [0, 0.1) is 6.92 Å². The van der Waals surface area contributed by atoms with E-state index in [2.05, 4.69) is 32.0 Å². The predicted octanol–water partition coefficient (Wildman–Crippen LogP) is 4.12. The minimum atomic E-state index is 0.143. The van der Waals surface area contributed by atoms with E-state index >= 15 is 0 Å². The standard InChI is InChI=1S/C16H25NO/c1-3-4-5-6-7-13-11-15(17)14-10-12(2)8-9-16(14)18-13/h8-10,13,15H,3-7,11,17H2,1-2H3. The molecule has 2 unspecified atom stereocenters. The molecule has 2 heteroatoms. The minimum Gasteiger partial charge on any atom is -0.490 e. The van der Waals surface area contributed by atoms with Crippen LogP contribution in [0.3, 0.4) is 0 Å². The average molecular weight is 247 g/mol. The molecular formula is C16H25NO. The molecule has 0 aromatic heterocycles. The summed E-state index contributed by atoms with van der Waals surface area (Å²) in [6.07, 6.45) is 7.59. The van der Waals surface area contributed by atoms with E-state index in [-0.39, 0.29) is 6.04 Å². The van der Waals surface area contributed by atoms with Crippen LogP contribution in [0.15, 0.2) is 18.2 Å². The highest BCUT2D eigenvalue weighted by molar-refractivity contribution is 5.40. The largest absolute Gasteiger partial charge is 0.490 e. The molecule has 0 spiro atoms. The van der Waals surface area contributed by atoms with Gasteiger partial charge in [0, 0.05) is 18.0 Å². The van der Waals surface area contributed by atoms with Crippen LogP contribution in [0.1, 0.15) is 62.6 Å². The summed E-state index contributed by atoms with van der Waals surface area (Å²) < 4.78 is 6.06. The van der Waals surface area contributed by atoms with Gasteiger partial charge in [-0.25, -0.2) is 0 Å². The van der Waals surface area contributed by atoms with Crippen molar-refractivity contribution in [3.8, 4) is 5.75 Å². The van der Waals surface area contributed by atoms with Crippen LogP contribution in [-0.2, 0) is 0 Å². The van der Waals surface area contributed by atoms with Gasteiger partial charge in [-0.05, 0) is 25.8 Å². The smallest absolute Gasteiger partial charge is 0.124 e. The number of ether oxygens (including phenoxy) is 1. The topological polar surface area (TPSA) is 35.2 Å². The van der Waals surface area contributed by atoms with Crippen molar-refractivity contribution in [2.75, 3.05) is 0 Å². The van der Waals surface area contributed by atoms with Crippen molar-refractivity contribution in [3.05, 3.63) is 29.3 Å². The third-order valence-electron chi connectivity index (χ3n) is 3.75. The Morgan fingerprint density at radius 3 is 2.89 bits per heavy atom. The highest BCUT2D eigenvalue weighted by Gasteiger charge is 2.25. The van der Waals surface area contributed by atoms with Gasteiger partial charge >= 0.3 is 0 Å². The van der Waals surface area contributed by atoms with Gasteiger partial charge in [0.05, 0.1) is 0 Å². The molecule has 1 aliphatic heterocycles. The summed E-state index contributed by atoms with van der Waals surface area (Å²) in [6, 6.07) is 6.48. The Morgan fingerprint density at radius 1 is 1.28 bits per heavy atom. The van der Waals surface area contributed by atoms with E-state index < -0.39 is 0 Å². The van der Waals surface area contributed by atoms with E-state index in [0.717, 1.165) is 18.6 Å². The SMILES string of the molecule is CCCCCCC1CC(N)c2cc(C)ccc2O1. The second kappa shape index (κ2) is 6.24. The van der Waals surface area contributed by atoms with Crippen molar-refractivity contribution in [1.29, 1.82) is 0 Å². The molecule has 2 N–H and O–H groups in total. The Hall–Kier alpha value is -1.02. The lowest BCUT2D eigenvalue weighted by atomic mass is 9.93. The van der Waals surface area contributed by atoms with Gasteiger partial charge in [-0.3, -0.25) is 0 Å². The molecule has 0 amide bonds. The summed E-state index contributed by atoms with van der Waals surface area (Å²) in [5.41, 5.74) is 8.69. The van der Waals surface area contributed by atoms with Gasteiger partial charge in [-0.15, -0.1) is 0 Å². The average Bonchev–Trinajstić information content (AvgIpc) is 2.36. The number of hydrogen-bond acceptors (Lipinski definition) is 2. The highest BCUT2D eigenvalue weighted by atomic mass is 16.5. The lowest BCUT2D eigenvalue weighted by Gasteiger charge is -2.30. The Bertz CT molecular complexity index is 389. The molecule has 2 nitrogen and oxygen atoms in total. The van der Waals surface area contributed by atoms with Crippen molar-refractivity contribution < 1.29 is 4.74 Å². The van der Waals surface area contributed by atoms with Crippen molar-refractivity contribution >= 4 is 0 Å². The zero-order valence-corrected chi connectivity index (χ0v) is 11.6. The molecule has 1 heterocycles. The molecule has 100 valence electrons. The Balaban J connectivity index is 1.93. The summed E-state index contributed by atoms with van der Waals surface area (Å²) in [5, 5.41) is 0. The van der Waals surface area contributed by atoms with Crippen molar-refractivity contribution in [3.63, 3.8) is 0 Å². The van der Waals surface area contributed by atoms with Crippen molar-refractivity contribution in [1.82, 2.24) is 0 Å². The van der Waals surface area contributed by atoms with Crippen LogP contribution in [0.2, 0.25) is 0 Å². The van der Waals surface area contributed by atoms with Crippen LogP contribution in [-0.4, -0.2) is 6.10 Å². The van der Waals surface area contributed by atoms with Gasteiger partial charge < -0.3 is 10.5 Å². The second-order valence-corrected chi connectivity index (χ2v) is 5.47. The number of fused-ring (bicyclic) bond motifs is 1. The number of nitrogens with two attached hydrogens (primary N) is 1. The number of hydrogen-bond donors (Lipinski definition) is 1. The molecule has 0 radical (unpaired) electrons. The first-order chi connectivity index (χ1) is 8.70. The quantitative estimate of drug-likeness (QED) is 0.794. The Morgan fingerprint density at radius 2 is 2.11 bits per heavy atom. The molecule has 18 heavy (non-hydrogen) atoms. The zero-order chi connectivity index (χ0) is 13.0. The first-order valence-electron chi connectivity index (χ1n) is 7.23. The lowest BCUT2D eigenvalue weighted by Crippen LogP contribution is -2.29. The summed E-state index contributed by atoms with van der Waals surface area (Å²) in [6.45, 7) is 4.34. The second-order valence-electron chi connectivity index (χ2n) is 5.47. The van der Waals surface area contributed by atoms with Crippen molar-refractivity contribution in [2.24, 2.45) is 5.73 Å². The van der Waals surface area contributed by atoms with E-state index in [1.165, 1.54) is 36.8 Å². The summed E-state index contributed by atoms with van der Waals surface area (Å²) in [5.74, 6) is 1.000. The normalized spacial score (nSPS) is 22.4. The third-order valence-corrected chi connectivity index (χ3v) is 3.75. The Kier molecular flexibility index (Phi) is 4.65. The van der Waals surface area contributed by atoms with Crippen LogP contribution in [0.4, 0.5) is 0 Å². The molecule has 2 rings (SSSR count). The van der Waals surface area contributed by atoms with Gasteiger partial charge in [0.25, 0.3) is 0 Å². The van der Waals surface area contributed by atoms with Crippen LogP contribution in [0.5, 0.6) is 5.75 Å². The van der Waals surface area contributed by atoms with E-state index in [9.17, 15) is 0 Å². The summed E-state index contributed by atoms with van der Waals surface area (Å²) in [4.78, 5) is 0. The number of rotatable bonds is 5. The lowest BCUT2D eigenvalue weighted by molar-refractivity contribution is 0.146.